The second-order valence-electron chi connectivity index (χ2n) is 11.4. The lowest BCUT2D eigenvalue weighted by molar-refractivity contribution is 0.0477. The number of hydrogen-bond acceptors (Lipinski definition) is 7. The molecular formula is C27H37N7O4. The number of anilines is 1. The van der Waals surface area contributed by atoms with Gasteiger partial charge in [-0.25, -0.2) is 14.4 Å². The van der Waals surface area contributed by atoms with Gasteiger partial charge in [-0.05, 0) is 63.8 Å². The fourth-order valence-electron chi connectivity index (χ4n) is 5.39. The maximum absolute atomic E-state index is 12.7. The number of piperidine rings is 1. The van der Waals surface area contributed by atoms with E-state index in [2.05, 4.69) is 25.8 Å². The lowest BCUT2D eigenvalue weighted by atomic mass is 10.0. The molecule has 3 N–H and O–H groups in total. The molecule has 0 spiro atoms. The van der Waals surface area contributed by atoms with E-state index < -0.39 is 11.3 Å². The van der Waals surface area contributed by atoms with Crippen molar-refractivity contribution < 1.29 is 14.3 Å². The summed E-state index contributed by atoms with van der Waals surface area (Å²) in [6, 6.07) is 9.97. The molecule has 204 valence electrons. The number of likely N-dealkylation sites (tertiary alicyclic amines) is 2. The lowest BCUT2D eigenvalue weighted by Crippen LogP contribution is -2.48. The van der Waals surface area contributed by atoms with Crippen LogP contribution in [0.5, 0.6) is 0 Å². The van der Waals surface area contributed by atoms with E-state index >= 15 is 0 Å². The molecule has 3 saturated heterocycles. The van der Waals surface area contributed by atoms with Crippen LogP contribution in [0.1, 0.15) is 45.6 Å². The van der Waals surface area contributed by atoms with Gasteiger partial charge in [-0.15, -0.1) is 0 Å². The third-order valence-corrected chi connectivity index (χ3v) is 7.29. The SMILES string of the molecule is CC(C)(C)OC(=O)NC1CCN(Cc2ccc(-n3ccc(NC(=O)N4C[C@@H]5C[C@H]4CN5)nc3=O)cc2)CC1. The first-order valence-electron chi connectivity index (χ1n) is 13.3. The van der Waals surface area contributed by atoms with Gasteiger partial charge in [-0.2, -0.15) is 4.98 Å². The molecule has 0 unspecified atom stereocenters. The molecule has 11 nitrogen and oxygen atoms in total. The van der Waals surface area contributed by atoms with E-state index in [0.717, 1.165) is 51.0 Å². The van der Waals surface area contributed by atoms with Crippen molar-refractivity contribution in [1.29, 1.82) is 0 Å². The van der Waals surface area contributed by atoms with E-state index in [-0.39, 0.29) is 30.0 Å². The van der Waals surface area contributed by atoms with Crippen molar-refractivity contribution in [3.05, 3.63) is 52.6 Å². The van der Waals surface area contributed by atoms with Crippen LogP contribution < -0.4 is 21.6 Å². The second kappa shape index (κ2) is 10.7. The van der Waals surface area contributed by atoms with Gasteiger partial charge in [0, 0.05) is 57.0 Å². The normalized spacial score (nSPS) is 21.9. The Morgan fingerprint density at radius 2 is 1.87 bits per heavy atom. The number of rotatable bonds is 5. The van der Waals surface area contributed by atoms with Crippen molar-refractivity contribution in [2.45, 2.75) is 70.3 Å². The van der Waals surface area contributed by atoms with Gasteiger partial charge < -0.3 is 20.3 Å². The average Bonchev–Trinajstić information content (AvgIpc) is 3.49. The molecule has 0 aliphatic carbocycles. The highest BCUT2D eigenvalue weighted by atomic mass is 16.6. The molecule has 0 saturated carbocycles. The third-order valence-electron chi connectivity index (χ3n) is 7.29. The number of urea groups is 1. The number of hydrogen-bond donors (Lipinski definition) is 3. The Kier molecular flexibility index (Phi) is 7.40. The predicted molar refractivity (Wildman–Crippen MR) is 143 cm³/mol. The Hall–Kier alpha value is -3.44. The summed E-state index contributed by atoms with van der Waals surface area (Å²) in [6.07, 6.45) is 4.00. The van der Waals surface area contributed by atoms with Crippen LogP contribution in [0.25, 0.3) is 5.69 Å². The number of carbonyl (C=O) groups excluding carboxylic acids is 2. The first-order valence-corrected chi connectivity index (χ1v) is 13.3. The van der Waals surface area contributed by atoms with Crippen molar-refractivity contribution >= 4 is 17.9 Å². The number of benzene rings is 1. The molecule has 1 aromatic carbocycles. The highest BCUT2D eigenvalue weighted by molar-refractivity contribution is 5.88. The smallest absolute Gasteiger partial charge is 0.407 e. The zero-order chi connectivity index (χ0) is 26.9. The number of alkyl carbamates (subject to hydrolysis) is 1. The minimum atomic E-state index is -0.499. The van der Waals surface area contributed by atoms with Gasteiger partial charge >= 0.3 is 17.8 Å². The number of amides is 3. The maximum Gasteiger partial charge on any atom is 0.407 e. The van der Waals surface area contributed by atoms with E-state index in [0.29, 0.717) is 18.3 Å². The first-order chi connectivity index (χ1) is 18.1. The number of nitrogens with one attached hydrogen (secondary N) is 3. The van der Waals surface area contributed by atoms with Gasteiger partial charge in [0.05, 0.1) is 5.69 Å². The molecule has 3 amide bonds. The molecule has 4 heterocycles. The minimum Gasteiger partial charge on any atom is -0.444 e. The van der Waals surface area contributed by atoms with E-state index in [4.69, 9.17) is 4.74 Å². The van der Waals surface area contributed by atoms with Crippen molar-refractivity contribution in [2.75, 3.05) is 31.5 Å². The molecule has 38 heavy (non-hydrogen) atoms. The van der Waals surface area contributed by atoms with Gasteiger partial charge in [-0.3, -0.25) is 14.8 Å². The van der Waals surface area contributed by atoms with Crippen molar-refractivity contribution in [1.82, 2.24) is 30.0 Å². The van der Waals surface area contributed by atoms with Crippen molar-refractivity contribution in [2.24, 2.45) is 0 Å². The Bertz CT molecular complexity index is 1220. The molecule has 1 aromatic heterocycles. The summed E-state index contributed by atoms with van der Waals surface area (Å²) in [5.74, 6) is 0.258. The average molecular weight is 524 g/mol. The number of piperazine rings is 1. The maximum atomic E-state index is 12.7. The molecule has 3 aliphatic rings. The van der Waals surface area contributed by atoms with Crippen LogP contribution in [-0.4, -0.2) is 81.4 Å². The van der Waals surface area contributed by atoms with E-state index in [1.807, 2.05) is 49.9 Å². The predicted octanol–water partition coefficient (Wildman–Crippen LogP) is 2.30. The summed E-state index contributed by atoms with van der Waals surface area (Å²) < 4.78 is 6.83. The zero-order valence-electron chi connectivity index (χ0n) is 22.3. The molecule has 5 rings (SSSR count). The van der Waals surface area contributed by atoms with Crippen LogP contribution in [0.4, 0.5) is 15.4 Å². The van der Waals surface area contributed by atoms with Gasteiger partial charge in [0.15, 0.2) is 0 Å². The number of aromatic nitrogens is 2. The Balaban J connectivity index is 1.11. The van der Waals surface area contributed by atoms with Crippen LogP contribution in [0.2, 0.25) is 0 Å². The van der Waals surface area contributed by atoms with E-state index in [9.17, 15) is 14.4 Å². The van der Waals surface area contributed by atoms with Gasteiger partial charge in [0.1, 0.15) is 11.4 Å². The lowest BCUT2D eigenvalue weighted by Gasteiger charge is -2.32. The summed E-state index contributed by atoms with van der Waals surface area (Å²) in [5.41, 5.74) is 0.917. The summed E-state index contributed by atoms with van der Waals surface area (Å²) in [4.78, 5) is 45.5. The molecule has 2 bridgehead atoms. The second-order valence-corrected chi connectivity index (χ2v) is 11.4. The van der Waals surface area contributed by atoms with Gasteiger partial charge in [-0.1, -0.05) is 12.1 Å². The number of nitrogens with zero attached hydrogens (tertiary/aromatic N) is 4. The highest BCUT2D eigenvalue weighted by Crippen LogP contribution is 2.24. The van der Waals surface area contributed by atoms with Crippen molar-refractivity contribution in [3.8, 4) is 5.69 Å². The van der Waals surface area contributed by atoms with Crippen LogP contribution in [0.15, 0.2) is 41.3 Å². The van der Waals surface area contributed by atoms with E-state index in [1.165, 1.54) is 4.57 Å². The summed E-state index contributed by atoms with van der Waals surface area (Å²) >= 11 is 0. The first kappa shape index (κ1) is 26.2. The van der Waals surface area contributed by atoms with Gasteiger partial charge in [0.2, 0.25) is 0 Å². The standard InChI is InChI=1S/C27H37N7O4/c1-27(2,3)38-26(37)29-19-8-11-32(12-9-19)16-18-4-6-21(7-5-18)33-13-10-23(30-24(33)35)31-25(36)34-17-20-14-22(34)15-28-20/h4-7,10,13,19-20,22,28H,8-9,11-12,14-17H2,1-3H3,(H,29,37)(H,30,31,35,36)/t20-,22-/m0/s1. The highest BCUT2D eigenvalue weighted by Gasteiger charge is 2.40. The number of carbonyl (C=O) groups is 2. The largest absolute Gasteiger partial charge is 0.444 e. The zero-order valence-corrected chi connectivity index (χ0v) is 22.3. The fourth-order valence-corrected chi connectivity index (χ4v) is 5.39. The molecular weight excluding hydrogens is 486 g/mol. The number of fused-ring (bicyclic) bond motifs is 2. The summed E-state index contributed by atoms with van der Waals surface area (Å²) in [5, 5.41) is 9.11. The molecule has 0 radical (unpaired) electrons. The Morgan fingerprint density at radius 1 is 1.13 bits per heavy atom. The van der Waals surface area contributed by atoms with Crippen LogP contribution in [0, 0.1) is 0 Å². The number of ether oxygens (including phenoxy) is 1. The minimum absolute atomic E-state index is 0.123. The fraction of sp³-hybridized carbons (Fsp3) is 0.556. The van der Waals surface area contributed by atoms with Crippen LogP contribution in [-0.2, 0) is 11.3 Å². The summed E-state index contributed by atoms with van der Waals surface area (Å²) in [7, 11) is 0. The Morgan fingerprint density at radius 3 is 2.47 bits per heavy atom. The third kappa shape index (κ3) is 6.33. The monoisotopic (exact) mass is 523 g/mol. The van der Waals surface area contributed by atoms with Crippen LogP contribution in [0.3, 0.4) is 0 Å². The Labute approximate surface area is 222 Å². The van der Waals surface area contributed by atoms with Crippen molar-refractivity contribution in [3.63, 3.8) is 0 Å². The molecule has 2 aromatic rings. The quantitative estimate of drug-likeness (QED) is 0.550. The van der Waals surface area contributed by atoms with Gasteiger partial charge in [0.25, 0.3) is 0 Å². The molecule has 3 aliphatic heterocycles. The topological polar surface area (TPSA) is 121 Å². The molecule has 2 atom stereocenters. The molecule has 3 fully saturated rings. The summed E-state index contributed by atoms with van der Waals surface area (Å²) in [6.45, 7) is 9.64. The molecule has 11 heteroatoms. The van der Waals surface area contributed by atoms with Crippen LogP contribution >= 0.6 is 0 Å². The van der Waals surface area contributed by atoms with E-state index in [1.54, 1.807) is 12.3 Å².